The van der Waals surface area contributed by atoms with E-state index in [0.29, 0.717) is 0 Å². The van der Waals surface area contributed by atoms with Gasteiger partial charge in [0.2, 0.25) is 0 Å². The van der Waals surface area contributed by atoms with Crippen molar-refractivity contribution in [3.05, 3.63) is 51.2 Å². The number of ether oxygens (including phenoxy) is 1. The van der Waals surface area contributed by atoms with Gasteiger partial charge in [-0.05, 0) is 12.1 Å². The lowest BCUT2D eigenvalue weighted by Gasteiger charge is -2.15. The minimum Gasteiger partial charge on any atom is -0.482 e. The van der Waals surface area contributed by atoms with Crippen LogP contribution in [0.4, 0.5) is 23.2 Å². The van der Waals surface area contributed by atoms with E-state index in [0.717, 1.165) is 22.8 Å². The number of nitrogens with zero attached hydrogens (tertiary/aromatic N) is 4. The average Bonchev–Trinajstić information content (AvgIpc) is 3.07. The van der Waals surface area contributed by atoms with Gasteiger partial charge in [0.1, 0.15) is 11.6 Å². The van der Waals surface area contributed by atoms with E-state index >= 15 is 0 Å². The second-order valence-electron chi connectivity index (χ2n) is 6.29. The Morgan fingerprint density at radius 3 is 2.59 bits per heavy atom. The Morgan fingerprint density at radius 1 is 1.17 bits per heavy atom. The topological polar surface area (TPSA) is 83.1 Å². The largest absolute Gasteiger partial charge is 0.482 e. The summed E-state index contributed by atoms with van der Waals surface area (Å²) in [7, 11) is 2.83. The van der Waals surface area contributed by atoms with Crippen LogP contribution in [0.1, 0.15) is 0 Å². The van der Waals surface area contributed by atoms with Crippen LogP contribution in [-0.4, -0.2) is 38.0 Å². The molecule has 2 heterocycles. The standard InChI is InChI=1S/C17H17F4N5O3/c1-24-14-13(15(27)25(2)16(24)28)26(9-23-14)6-5-22-11-7-10(18)3-4-12(11)29-8-17(19,20)21/h3-4,7,9,22H,5-6,8H2,1-2H3. The van der Waals surface area contributed by atoms with Crippen molar-refractivity contribution in [3.8, 4) is 5.75 Å². The van der Waals surface area contributed by atoms with Gasteiger partial charge in [0.05, 0.1) is 12.0 Å². The zero-order valence-corrected chi connectivity index (χ0v) is 15.5. The Morgan fingerprint density at radius 2 is 1.90 bits per heavy atom. The van der Waals surface area contributed by atoms with E-state index in [1.165, 1.54) is 29.6 Å². The van der Waals surface area contributed by atoms with Crippen molar-refractivity contribution in [1.29, 1.82) is 0 Å². The van der Waals surface area contributed by atoms with Crippen LogP contribution < -0.4 is 21.3 Å². The number of hydrogen-bond acceptors (Lipinski definition) is 5. The molecule has 0 saturated heterocycles. The summed E-state index contributed by atoms with van der Waals surface area (Å²) < 4.78 is 59.0. The molecule has 0 bridgehead atoms. The third kappa shape index (κ3) is 4.25. The quantitative estimate of drug-likeness (QED) is 0.619. The minimum absolute atomic E-state index is 0.0407. The summed E-state index contributed by atoms with van der Waals surface area (Å²) in [5.74, 6) is -0.804. The second-order valence-corrected chi connectivity index (χ2v) is 6.29. The van der Waals surface area contributed by atoms with E-state index in [4.69, 9.17) is 4.74 Å². The highest BCUT2D eigenvalue weighted by atomic mass is 19.4. The molecule has 8 nitrogen and oxygen atoms in total. The molecule has 0 saturated carbocycles. The number of hydrogen-bond donors (Lipinski definition) is 1. The number of halogens is 4. The number of fused-ring (bicyclic) bond motifs is 1. The molecule has 12 heteroatoms. The number of rotatable bonds is 6. The van der Waals surface area contributed by atoms with Crippen molar-refractivity contribution in [3.63, 3.8) is 0 Å². The van der Waals surface area contributed by atoms with E-state index in [-0.39, 0.29) is 35.7 Å². The highest BCUT2D eigenvalue weighted by Gasteiger charge is 2.28. The fraction of sp³-hybridized carbons (Fsp3) is 0.353. The van der Waals surface area contributed by atoms with Crippen molar-refractivity contribution in [2.24, 2.45) is 14.1 Å². The molecule has 1 aromatic carbocycles. The third-order valence-corrected chi connectivity index (χ3v) is 4.22. The fourth-order valence-electron chi connectivity index (χ4n) is 2.80. The van der Waals surface area contributed by atoms with Crippen molar-refractivity contribution >= 4 is 16.9 Å². The lowest BCUT2D eigenvalue weighted by Crippen LogP contribution is -2.37. The molecular weight excluding hydrogens is 398 g/mol. The first-order valence-corrected chi connectivity index (χ1v) is 8.42. The van der Waals surface area contributed by atoms with Gasteiger partial charge in [-0.15, -0.1) is 0 Å². The molecule has 1 N–H and O–H groups in total. The normalized spacial score (nSPS) is 11.8. The number of anilines is 1. The van der Waals surface area contributed by atoms with Gasteiger partial charge in [0, 0.05) is 33.3 Å². The molecule has 156 valence electrons. The van der Waals surface area contributed by atoms with Gasteiger partial charge in [0.25, 0.3) is 5.56 Å². The van der Waals surface area contributed by atoms with Crippen molar-refractivity contribution < 1.29 is 22.3 Å². The first-order valence-electron chi connectivity index (χ1n) is 8.42. The molecular formula is C17H17F4N5O3. The lowest BCUT2D eigenvalue weighted by atomic mass is 10.2. The molecule has 29 heavy (non-hydrogen) atoms. The predicted molar refractivity (Wildman–Crippen MR) is 96.7 cm³/mol. The maximum Gasteiger partial charge on any atom is 0.422 e. The smallest absolute Gasteiger partial charge is 0.422 e. The molecule has 0 amide bonds. The summed E-state index contributed by atoms with van der Waals surface area (Å²) in [5, 5.41) is 2.80. The highest BCUT2D eigenvalue weighted by Crippen LogP contribution is 2.27. The van der Waals surface area contributed by atoms with Crippen molar-refractivity contribution in [2.75, 3.05) is 18.5 Å². The zero-order valence-electron chi connectivity index (χ0n) is 15.5. The SMILES string of the molecule is Cn1c(=O)c2c(ncn2CCNc2cc(F)ccc2OCC(F)(F)F)n(C)c1=O. The maximum atomic E-state index is 13.5. The van der Waals surface area contributed by atoms with Crippen LogP contribution >= 0.6 is 0 Å². The number of benzene rings is 1. The van der Waals surface area contributed by atoms with Crippen LogP contribution in [0.2, 0.25) is 0 Å². The van der Waals surface area contributed by atoms with E-state index < -0.39 is 29.8 Å². The number of alkyl halides is 3. The molecule has 0 fully saturated rings. The Bertz CT molecular complexity index is 1160. The molecule has 0 spiro atoms. The van der Waals surface area contributed by atoms with Crippen LogP contribution in [0, 0.1) is 5.82 Å². The van der Waals surface area contributed by atoms with Crippen LogP contribution in [-0.2, 0) is 20.6 Å². The molecule has 0 radical (unpaired) electrons. The summed E-state index contributed by atoms with van der Waals surface area (Å²) in [6, 6.07) is 3.10. The minimum atomic E-state index is -4.53. The molecule has 3 aromatic rings. The molecule has 0 aliphatic rings. The summed E-state index contributed by atoms with van der Waals surface area (Å²) in [4.78, 5) is 28.4. The molecule has 0 aliphatic carbocycles. The van der Waals surface area contributed by atoms with Crippen molar-refractivity contribution in [2.45, 2.75) is 12.7 Å². The second kappa shape index (κ2) is 7.60. The summed E-state index contributed by atoms with van der Waals surface area (Å²) in [6.45, 7) is -1.20. The monoisotopic (exact) mass is 415 g/mol. The number of aromatic nitrogens is 4. The Hall–Kier alpha value is -3.31. The van der Waals surface area contributed by atoms with Crippen molar-refractivity contribution in [1.82, 2.24) is 18.7 Å². The van der Waals surface area contributed by atoms with Crippen LogP contribution in [0.5, 0.6) is 5.75 Å². The molecule has 2 aromatic heterocycles. The number of imidazole rings is 1. The predicted octanol–water partition coefficient (Wildman–Crippen LogP) is 1.63. The fourth-order valence-corrected chi connectivity index (χ4v) is 2.80. The Labute approximate surface area is 161 Å². The van der Waals surface area contributed by atoms with Crippen LogP contribution in [0.3, 0.4) is 0 Å². The summed E-state index contributed by atoms with van der Waals surface area (Å²) >= 11 is 0. The Balaban J connectivity index is 1.80. The van der Waals surface area contributed by atoms with E-state index in [9.17, 15) is 27.2 Å². The first kappa shape index (κ1) is 20.4. The molecule has 0 unspecified atom stereocenters. The summed E-state index contributed by atoms with van der Waals surface area (Å²) in [6.07, 6.45) is -3.16. The van der Waals surface area contributed by atoms with Gasteiger partial charge in [-0.25, -0.2) is 14.2 Å². The zero-order chi connectivity index (χ0) is 21.3. The van der Waals surface area contributed by atoms with Gasteiger partial charge in [0.15, 0.2) is 17.8 Å². The molecule has 3 rings (SSSR count). The van der Waals surface area contributed by atoms with Crippen LogP contribution in [0.15, 0.2) is 34.1 Å². The first-order chi connectivity index (χ1) is 13.6. The van der Waals surface area contributed by atoms with Gasteiger partial charge >= 0.3 is 11.9 Å². The van der Waals surface area contributed by atoms with Gasteiger partial charge in [-0.2, -0.15) is 13.2 Å². The maximum absolute atomic E-state index is 13.5. The molecule has 0 atom stereocenters. The molecule has 0 aliphatic heterocycles. The van der Waals surface area contributed by atoms with Gasteiger partial charge < -0.3 is 14.6 Å². The van der Waals surface area contributed by atoms with E-state index in [1.54, 1.807) is 0 Å². The van der Waals surface area contributed by atoms with Crippen LogP contribution in [0.25, 0.3) is 11.2 Å². The number of nitrogens with one attached hydrogen (secondary N) is 1. The third-order valence-electron chi connectivity index (χ3n) is 4.22. The van der Waals surface area contributed by atoms with Gasteiger partial charge in [-0.3, -0.25) is 13.9 Å². The van der Waals surface area contributed by atoms with E-state index in [1.807, 2.05) is 0 Å². The lowest BCUT2D eigenvalue weighted by molar-refractivity contribution is -0.153. The van der Waals surface area contributed by atoms with E-state index in [2.05, 4.69) is 10.3 Å². The average molecular weight is 415 g/mol. The Kier molecular flexibility index (Phi) is 5.36. The van der Waals surface area contributed by atoms with Gasteiger partial charge in [-0.1, -0.05) is 0 Å². The number of aryl methyl sites for hydroxylation is 1. The summed E-state index contributed by atoms with van der Waals surface area (Å²) in [5.41, 5.74) is -0.598. The highest BCUT2D eigenvalue weighted by molar-refractivity contribution is 5.70.